The molecule has 24 heavy (non-hydrogen) atoms. The van der Waals surface area contributed by atoms with Crippen molar-refractivity contribution in [3.8, 4) is 0 Å². The molecule has 0 saturated carbocycles. The summed E-state index contributed by atoms with van der Waals surface area (Å²) >= 11 is 0.976. The zero-order valence-electron chi connectivity index (χ0n) is 13.1. The normalized spacial score (nSPS) is 19.5. The van der Waals surface area contributed by atoms with Crippen LogP contribution in [0.25, 0.3) is 11.0 Å². The molecule has 2 heterocycles. The van der Waals surface area contributed by atoms with E-state index in [9.17, 15) is 13.2 Å². The van der Waals surface area contributed by atoms with Gasteiger partial charge in [0.2, 0.25) is 15.9 Å². The van der Waals surface area contributed by atoms with Crippen molar-refractivity contribution in [2.75, 3.05) is 26.3 Å². The van der Waals surface area contributed by atoms with Crippen molar-refractivity contribution >= 4 is 38.7 Å². The van der Waals surface area contributed by atoms with Crippen LogP contribution in [0, 0.1) is 0 Å². The van der Waals surface area contributed by atoms with Gasteiger partial charge in [-0.25, -0.2) is 8.42 Å². The van der Waals surface area contributed by atoms with Crippen LogP contribution in [0.2, 0.25) is 0 Å². The second-order valence-corrected chi connectivity index (χ2v) is 7.78. The molecule has 0 unspecified atom stereocenters. The van der Waals surface area contributed by atoms with Crippen LogP contribution in [0.1, 0.15) is 13.3 Å². The number of aromatic nitrogens is 2. The smallest absolute Gasteiger partial charge is 0.245 e. The van der Waals surface area contributed by atoms with Gasteiger partial charge < -0.3 is 10.1 Å². The number of fused-ring (bicyclic) bond motifs is 1. The Kier molecular flexibility index (Phi) is 5.09. The maximum Gasteiger partial charge on any atom is 0.245 e. The minimum Gasteiger partial charge on any atom is -0.378 e. The number of hydrogen-bond donors (Lipinski definition) is 1. The lowest BCUT2D eigenvalue weighted by atomic mass is 10.2. The molecule has 2 aromatic rings. The summed E-state index contributed by atoms with van der Waals surface area (Å²) in [5, 5.41) is 2.69. The number of nitrogens with one attached hydrogen (secondary N) is 1. The van der Waals surface area contributed by atoms with Gasteiger partial charge in [-0.1, -0.05) is 6.07 Å². The third-order valence-corrected chi connectivity index (χ3v) is 6.33. The number of benzene rings is 1. The molecule has 1 atom stereocenters. The highest BCUT2D eigenvalue weighted by Crippen LogP contribution is 2.27. The molecular weight excluding hydrogens is 352 g/mol. The van der Waals surface area contributed by atoms with Crippen LogP contribution < -0.4 is 5.32 Å². The topological polar surface area (TPSA) is 101 Å². The highest BCUT2D eigenvalue weighted by atomic mass is 32.2. The first-order valence-corrected chi connectivity index (χ1v) is 9.78. The van der Waals surface area contributed by atoms with E-state index in [1.165, 1.54) is 10.4 Å². The summed E-state index contributed by atoms with van der Waals surface area (Å²) in [7, 11) is -3.79. The van der Waals surface area contributed by atoms with E-state index < -0.39 is 16.1 Å². The summed E-state index contributed by atoms with van der Waals surface area (Å²) in [6.45, 7) is 3.03. The van der Waals surface area contributed by atoms with Gasteiger partial charge in [-0.05, 0) is 19.1 Å². The Balaban J connectivity index is 1.94. The molecule has 1 aliphatic heterocycles. The fourth-order valence-electron chi connectivity index (χ4n) is 2.72. The number of hydrogen-bond acceptors (Lipinski definition) is 7. The Labute approximate surface area is 144 Å². The first-order valence-electron chi connectivity index (χ1n) is 7.61. The SMILES string of the molecule is CCNC(=O)C[C@H]1COCCN1S(=O)(=O)c1cccc2nsnc12. The number of carbonyl (C=O) groups is 1. The summed E-state index contributed by atoms with van der Waals surface area (Å²) in [6, 6.07) is 4.37. The van der Waals surface area contributed by atoms with Gasteiger partial charge in [0.1, 0.15) is 15.9 Å². The summed E-state index contributed by atoms with van der Waals surface area (Å²) in [5.74, 6) is -0.193. The van der Waals surface area contributed by atoms with Crippen LogP contribution in [0.5, 0.6) is 0 Å². The number of sulfonamides is 1. The summed E-state index contributed by atoms with van der Waals surface area (Å²) in [6.07, 6.45) is 0.0678. The average Bonchev–Trinajstić information content (AvgIpc) is 3.03. The molecule has 1 N–H and O–H groups in total. The fourth-order valence-corrected chi connectivity index (χ4v) is 5.06. The minimum atomic E-state index is -3.79. The fraction of sp³-hybridized carbons (Fsp3) is 0.500. The minimum absolute atomic E-state index is 0.0678. The molecule has 1 aliphatic rings. The molecule has 130 valence electrons. The zero-order valence-corrected chi connectivity index (χ0v) is 14.8. The molecule has 1 saturated heterocycles. The molecule has 1 aromatic carbocycles. The van der Waals surface area contributed by atoms with Crippen molar-refractivity contribution in [2.45, 2.75) is 24.3 Å². The van der Waals surface area contributed by atoms with Crippen LogP contribution in [-0.2, 0) is 19.6 Å². The van der Waals surface area contributed by atoms with Gasteiger partial charge >= 0.3 is 0 Å². The first-order chi connectivity index (χ1) is 11.5. The summed E-state index contributed by atoms with van der Waals surface area (Å²) in [5.41, 5.74) is 0.917. The molecule has 0 aliphatic carbocycles. The van der Waals surface area contributed by atoms with Gasteiger partial charge in [-0.2, -0.15) is 13.1 Å². The van der Waals surface area contributed by atoms with Crippen molar-refractivity contribution in [3.05, 3.63) is 18.2 Å². The van der Waals surface area contributed by atoms with Gasteiger partial charge in [-0.15, -0.1) is 0 Å². The first kappa shape index (κ1) is 17.2. The Morgan fingerprint density at radius 1 is 1.46 bits per heavy atom. The third-order valence-electron chi connectivity index (χ3n) is 3.80. The van der Waals surface area contributed by atoms with E-state index in [2.05, 4.69) is 14.1 Å². The molecule has 1 aromatic heterocycles. The Morgan fingerprint density at radius 2 is 2.29 bits per heavy atom. The van der Waals surface area contributed by atoms with Crippen LogP contribution in [-0.4, -0.2) is 59.7 Å². The number of rotatable bonds is 5. The predicted molar refractivity (Wildman–Crippen MR) is 89.2 cm³/mol. The van der Waals surface area contributed by atoms with E-state index in [1.807, 2.05) is 6.92 Å². The lowest BCUT2D eigenvalue weighted by molar-refractivity contribution is -0.122. The Hall–Kier alpha value is -1.62. The highest BCUT2D eigenvalue weighted by molar-refractivity contribution is 7.89. The van der Waals surface area contributed by atoms with Gasteiger partial charge in [0.15, 0.2) is 0 Å². The standard InChI is InChI=1S/C14H18N4O4S2/c1-2-15-13(19)8-10-9-22-7-6-18(10)24(20,21)12-5-3-4-11-14(12)17-23-16-11/h3-5,10H,2,6-9H2,1H3,(H,15,19)/t10-/m0/s1. The van der Waals surface area contributed by atoms with Crippen molar-refractivity contribution in [2.24, 2.45) is 0 Å². The molecule has 10 heteroatoms. The van der Waals surface area contributed by atoms with Crippen LogP contribution >= 0.6 is 11.7 Å². The molecule has 0 spiro atoms. The zero-order chi connectivity index (χ0) is 17.2. The number of carbonyl (C=O) groups excluding carboxylic acids is 1. The number of morpholine rings is 1. The quantitative estimate of drug-likeness (QED) is 0.827. The van der Waals surface area contributed by atoms with Crippen LogP contribution in [0.15, 0.2) is 23.1 Å². The largest absolute Gasteiger partial charge is 0.378 e. The number of nitrogens with zero attached hydrogens (tertiary/aromatic N) is 3. The monoisotopic (exact) mass is 370 g/mol. The van der Waals surface area contributed by atoms with Gasteiger partial charge in [0.25, 0.3) is 0 Å². The van der Waals surface area contributed by atoms with Crippen molar-refractivity contribution in [3.63, 3.8) is 0 Å². The summed E-state index contributed by atoms with van der Waals surface area (Å²) in [4.78, 5) is 12.0. The van der Waals surface area contributed by atoms with E-state index in [-0.39, 0.29) is 30.4 Å². The predicted octanol–water partition coefficient (Wildman–Crippen LogP) is 0.607. The van der Waals surface area contributed by atoms with Gasteiger partial charge in [0, 0.05) is 19.5 Å². The maximum absolute atomic E-state index is 13.1. The molecule has 8 nitrogen and oxygen atoms in total. The molecule has 1 fully saturated rings. The number of ether oxygens (including phenoxy) is 1. The lowest BCUT2D eigenvalue weighted by Crippen LogP contribution is -2.50. The highest BCUT2D eigenvalue weighted by Gasteiger charge is 2.36. The molecular formula is C14H18N4O4S2. The molecule has 1 amide bonds. The third kappa shape index (κ3) is 3.27. The molecule has 0 radical (unpaired) electrons. The second-order valence-electron chi connectivity index (χ2n) is 5.39. The Morgan fingerprint density at radius 3 is 3.08 bits per heavy atom. The maximum atomic E-state index is 13.1. The number of amides is 1. The molecule has 3 rings (SSSR count). The van der Waals surface area contributed by atoms with E-state index in [0.29, 0.717) is 24.2 Å². The van der Waals surface area contributed by atoms with Crippen molar-refractivity contribution < 1.29 is 17.9 Å². The van der Waals surface area contributed by atoms with Crippen molar-refractivity contribution in [1.29, 1.82) is 0 Å². The van der Waals surface area contributed by atoms with Gasteiger partial charge in [0.05, 0.1) is 31.0 Å². The van der Waals surface area contributed by atoms with Gasteiger partial charge in [-0.3, -0.25) is 4.79 Å². The molecule has 0 bridgehead atoms. The Bertz CT molecular complexity index is 836. The van der Waals surface area contributed by atoms with Crippen molar-refractivity contribution in [1.82, 2.24) is 18.4 Å². The second kappa shape index (κ2) is 7.09. The lowest BCUT2D eigenvalue weighted by Gasteiger charge is -2.34. The van der Waals surface area contributed by atoms with Crippen LogP contribution in [0.4, 0.5) is 0 Å². The average molecular weight is 370 g/mol. The van der Waals surface area contributed by atoms with E-state index in [1.54, 1.807) is 12.1 Å². The van der Waals surface area contributed by atoms with Crippen LogP contribution in [0.3, 0.4) is 0 Å². The summed E-state index contributed by atoms with van der Waals surface area (Å²) < 4.78 is 41.2. The van der Waals surface area contributed by atoms with E-state index >= 15 is 0 Å². The van der Waals surface area contributed by atoms with E-state index in [0.717, 1.165) is 11.7 Å². The van der Waals surface area contributed by atoms with E-state index in [4.69, 9.17) is 4.74 Å².